The van der Waals surface area contributed by atoms with Crippen molar-refractivity contribution in [1.82, 2.24) is 5.32 Å². The van der Waals surface area contributed by atoms with Gasteiger partial charge in [0.1, 0.15) is 0 Å². The summed E-state index contributed by atoms with van der Waals surface area (Å²) < 4.78 is 0. The number of thioether (sulfide) groups is 1. The largest absolute Gasteiger partial charge is 0.316 e. The van der Waals surface area contributed by atoms with Crippen molar-refractivity contribution >= 4 is 11.8 Å². The van der Waals surface area contributed by atoms with Crippen molar-refractivity contribution in [3.05, 3.63) is 0 Å². The highest BCUT2D eigenvalue weighted by Crippen LogP contribution is 2.30. The first kappa shape index (κ1) is 13.4. The highest BCUT2D eigenvalue weighted by molar-refractivity contribution is 7.99. The lowest BCUT2D eigenvalue weighted by Gasteiger charge is -2.25. The second-order valence-corrected chi connectivity index (χ2v) is 6.63. The maximum absolute atomic E-state index is 3.52. The molecule has 0 saturated heterocycles. The molecule has 1 fully saturated rings. The molecule has 0 aromatic rings. The Kier molecular flexibility index (Phi) is 6.06. The molecule has 0 aromatic carbocycles. The van der Waals surface area contributed by atoms with Gasteiger partial charge in [0.25, 0.3) is 0 Å². The van der Waals surface area contributed by atoms with Crippen LogP contribution >= 0.6 is 11.8 Å². The van der Waals surface area contributed by atoms with E-state index in [1.54, 1.807) is 0 Å². The van der Waals surface area contributed by atoms with Crippen LogP contribution in [-0.4, -0.2) is 24.1 Å². The van der Waals surface area contributed by atoms with Crippen LogP contribution in [-0.2, 0) is 0 Å². The summed E-state index contributed by atoms with van der Waals surface area (Å²) in [5.74, 6) is 3.04. The second kappa shape index (κ2) is 6.80. The molecule has 0 aliphatic heterocycles. The Morgan fingerprint density at radius 3 is 2.27 bits per heavy atom. The summed E-state index contributed by atoms with van der Waals surface area (Å²) in [7, 11) is 2.13. The standard InChI is InChI=1S/C13H27NS/c1-10(2)11(3)15-9-13(14-4)12-7-5-6-8-12/h10-14H,5-9H2,1-4H3. The average Bonchev–Trinajstić information content (AvgIpc) is 2.71. The fraction of sp³-hybridized carbons (Fsp3) is 1.00. The predicted molar refractivity (Wildman–Crippen MR) is 71.6 cm³/mol. The third kappa shape index (κ3) is 4.36. The van der Waals surface area contributed by atoms with E-state index >= 15 is 0 Å². The van der Waals surface area contributed by atoms with Crippen molar-refractivity contribution in [2.24, 2.45) is 11.8 Å². The molecule has 15 heavy (non-hydrogen) atoms. The number of nitrogens with one attached hydrogen (secondary N) is 1. The van der Waals surface area contributed by atoms with Gasteiger partial charge in [0.15, 0.2) is 0 Å². The van der Waals surface area contributed by atoms with E-state index < -0.39 is 0 Å². The molecule has 0 spiro atoms. The normalized spacial score (nSPS) is 22.2. The molecule has 90 valence electrons. The van der Waals surface area contributed by atoms with Crippen LogP contribution in [0, 0.1) is 11.8 Å². The molecule has 1 aliphatic rings. The predicted octanol–water partition coefficient (Wildman–Crippen LogP) is 3.54. The van der Waals surface area contributed by atoms with E-state index in [2.05, 4.69) is 44.9 Å². The van der Waals surface area contributed by atoms with Crippen molar-refractivity contribution in [3.63, 3.8) is 0 Å². The molecule has 1 saturated carbocycles. The molecular formula is C13H27NS. The van der Waals surface area contributed by atoms with Gasteiger partial charge in [0, 0.05) is 17.0 Å². The van der Waals surface area contributed by atoms with E-state index in [0.29, 0.717) is 0 Å². The first-order valence-electron chi connectivity index (χ1n) is 6.44. The maximum atomic E-state index is 3.52. The maximum Gasteiger partial charge on any atom is 0.0183 e. The Morgan fingerprint density at radius 2 is 1.80 bits per heavy atom. The Hall–Kier alpha value is 0.310. The van der Waals surface area contributed by atoms with Crippen molar-refractivity contribution in [2.45, 2.75) is 57.7 Å². The van der Waals surface area contributed by atoms with Crippen molar-refractivity contribution in [1.29, 1.82) is 0 Å². The molecular weight excluding hydrogens is 202 g/mol. The average molecular weight is 229 g/mol. The Morgan fingerprint density at radius 1 is 1.20 bits per heavy atom. The number of rotatable bonds is 6. The Bertz CT molecular complexity index is 164. The van der Waals surface area contributed by atoms with Crippen molar-refractivity contribution < 1.29 is 0 Å². The zero-order chi connectivity index (χ0) is 11.3. The summed E-state index contributed by atoms with van der Waals surface area (Å²) in [5, 5.41) is 4.31. The van der Waals surface area contributed by atoms with E-state index in [-0.39, 0.29) is 0 Å². The van der Waals surface area contributed by atoms with Gasteiger partial charge in [-0.2, -0.15) is 11.8 Å². The summed E-state index contributed by atoms with van der Waals surface area (Å²) in [6, 6.07) is 0.749. The van der Waals surface area contributed by atoms with Gasteiger partial charge in [-0.3, -0.25) is 0 Å². The van der Waals surface area contributed by atoms with Crippen LogP contribution in [0.1, 0.15) is 46.5 Å². The Labute approximate surface area is 99.8 Å². The zero-order valence-corrected chi connectivity index (χ0v) is 11.6. The summed E-state index contributed by atoms with van der Waals surface area (Å²) in [6.45, 7) is 7.00. The van der Waals surface area contributed by atoms with E-state index in [4.69, 9.17) is 0 Å². The van der Waals surface area contributed by atoms with E-state index in [9.17, 15) is 0 Å². The summed E-state index contributed by atoms with van der Waals surface area (Å²) in [4.78, 5) is 0. The van der Waals surface area contributed by atoms with Gasteiger partial charge in [0.05, 0.1) is 0 Å². The number of hydrogen-bond donors (Lipinski definition) is 1. The molecule has 1 rings (SSSR count). The molecule has 0 aromatic heterocycles. The molecule has 1 aliphatic carbocycles. The van der Waals surface area contributed by atoms with Crippen molar-refractivity contribution in [3.8, 4) is 0 Å². The van der Waals surface area contributed by atoms with Crippen LogP contribution in [0.5, 0.6) is 0 Å². The minimum atomic E-state index is 0.749. The van der Waals surface area contributed by atoms with Gasteiger partial charge < -0.3 is 5.32 Å². The van der Waals surface area contributed by atoms with E-state index in [1.165, 1.54) is 31.4 Å². The Balaban J connectivity index is 2.27. The monoisotopic (exact) mass is 229 g/mol. The SMILES string of the molecule is CNC(CSC(C)C(C)C)C1CCCC1. The molecule has 0 amide bonds. The van der Waals surface area contributed by atoms with E-state index in [0.717, 1.165) is 23.1 Å². The van der Waals surface area contributed by atoms with Crippen LogP contribution in [0.25, 0.3) is 0 Å². The topological polar surface area (TPSA) is 12.0 Å². The molecule has 2 heteroatoms. The quantitative estimate of drug-likeness (QED) is 0.747. The lowest BCUT2D eigenvalue weighted by atomic mass is 10.0. The smallest absolute Gasteiger partial charge is 0.0183 e. The summed E-state index contributed by atoms with van der Waals surface area (Å²) in [6.07, 6.45) is 5.80. The minimum Gasteiger partial charge on any atom is -0.316 e. The van der Waals surface area contributed by atoms with Gasteiger partial charge in [0.2, 0.25) is 0 Å². The van der Waals surface area contributed by atoms with Crippen LogP contribution in [0.2, 0.25) is 0 Å². The van der Waals surface area contributed by atoms with Crippen molar-refractivity contribution in [2.75, 3.05) is 12.8 Å². The van der Waals surface area contributed by atoms with Gasteiger partial charge in [-0.25, -0.2) is 0 Å². The molecule has 1 nitrogen and oxygen atoms in total. The fourth-order valence-electron chi connectivity index (χ4n) is 2.26. The lowest BCUT2D eigenvalue weighted by Crippen LogP contribution is -2.35. The highest BCUT2D eigenvalue weighted by Gasteiger charge is 2.24. The van der Waals surface area contributed by atoms with Gasteiger partial charge >= 0.3 is 0 Å². The first-order chi connectivity index (χ1) is 7.15. The van der Waals surface area contributed by atoms with E-state index in [1.807, 2.05) is 0 Å². The van der Waals surface area contributed by atoms with Gasteiger partial charge in [-0.15, -0.1) is 0 Å². The van der Waals surface area contributed by atoms with Crippen LogP contribution in [0.4, 0.5) is 0 Å². The van der Waals surface area contributed by atoms with Crippen LogP contribution in [0.3, 0.4) is 0 Å². The molecule has 2 atom stereocenters. The molecule has 0 heterocycles. The third-order valence-corrected chi connectivity index (χ3v) is 5.44. The fourth-order valence-corrected chi connectivity index (χ4v) is 3.60. The number of hydrogen-bond acceptors (Lipinski definition) is 2. The highest BCUT2D eigenvalue weighted by atomic mass is 32.2. The minimum absolute atomic E-state index is 0.749. The van der Waals surface area contributed by atoms with Crippen LogP contribution in [0.15, 0.2) is 0 Å². The molecule has 2 unspecified atom stereocenters. The van der Waals surface area contributed by atoms with Gasteiger partial charge in [-0.1, -0.05) is 33.6 Å². The molecule has 0 radical (unpaired) electrons. The third-order valence-electron chi connectivity index (χ3n) is 3.82. The first-order valence-corrected chi connectivity index (χ1v) is 7.49. The zero-order valence-electron chi connectivity index (χ0n) is 10.8. The molecule has 0 bridgehead atoms. The second-order valence-electron chi connectivity index (χ2n) is 5.22. The lowest BCUT2D eigenvalue weighted by molar-refractivity contribution is 0.410. The summed E-state index contributed by atoms with van der Waals surface area (Å²) >= 11 is 2.14. The molecule has 1 N–H and O–H groups in total. The van der Waals surface area contributed by atoms with Gasteiger partial charge in [-0.05, 0) is 31.7 Å². The summed E-state index contributed by atoms with van der Waals surface area (Å²) in [5.41, 5.74) is 0. The van der Waals surface area contributed by atoms with Crippen LogP contribution < -0.4 is 5.32 Å².